The summed E-state index contributed by atoms with van der Waals surface area (Å²) < 4.78 is 16.3. The molecule has 0 amide bonds. The van der Waals surface area contributed by atoms with E-state index in [0.717, 1.165) is 6.26 Å². The highest BCUT2D eigenvalue weighted by Gasteiger charge is 2.51. The lowest BCUT2D eigenvalue weighted by Crippen LogP contribution is -2.41. The van der Waals surface area contributed by atoms with E-state index in [0.29, 0.717) is 6.32 Å². The summed E-state index contributed by atoms with van der Waals surface area (Å²) in [4.78, 5) is 11.4. The third-order valence-corrected chi connectivity index (χ3v) is 3.45. The Labute approximate surface area is 103 Å². The van der Waals surface area contributed by atoms with Gasteiger partial charge in [-0.1, -0.05) is 13.5 Å². The Morgan fingerprint density at radius 3 is 2.24 bits per heavy atom. The number of carbonyl (C=O) groups is 1. The first-order chi connectivity index (χ1) is 7.69. The van der Waals surface area contributed by atoms with Gasteiger partial charge < -0.3 is 14.0 Å². The van der Waals surface area contributed by atoms with Crippen LogP contribution in [0.3, 0.4) is 0 Å². The van der Waals surface area contributed by atoms with Crippen molar-refractivity contribution in [1.29, 1.82) is 0 Å². The molecule has 1 unspecified atom stereocenters. The van der Waals surface area contributed by atoms with Crippen molar-refractivity contribution in [3.8, 4) is 0 Å². The quantitative estimate of drug-likeness (QED) is 0.430. The molecule has 0 aromatic carbocycles. The van der Waals surface area contributed by atoms with Crippen LogP contribution < -0.4 is 0 Å². The lowest BCUT2D eigenvalue weighted by molar-refractivity contribution is -0.141. The summed E-state index contributed by atoms with van der Waals surface area (Å²) in [6.07, 6.45) is 1.63. The van der Waals surface area contributed by atoms with Crippen molar-refractivity contribution in [3.05, 3.63) is 12.8 Å². The van der Waals surface area contributed by atoms with Crippen molar-refractivity contribution in [2.24, 2.45) is 5.92 Å². The van der Waals surface area contributed by atoms with E-state index >= 15 is 0 Å². The van der Waals surface area contributed by atoms with E-state index in [9.17, 15) is 4.79 Å². The van der Waals surface area contributed by atoms with Crippen LogP contribution in [-0.2, 0) is 18.8 Å². The number of carbonyl (C=O) groups excluding carboxylic acids is 1. The summed E-state index contributed by atoms with van der Waals surface area (Å²) in [7, 11) is -0.368. The molecular formula is C12H21BO4. The minimum absolute atomic E-state index is 0.275. The molecule has 1 aliphatic rings. The molecule has 0 aromatic heterocycles. The molecule has 1 atom stereocenters. The van der Waals surface area contributed by atoms with Crippen molar-refractivity contribution in [1.82, 2.24) is 0 Å². The van der Waals surface area contributed by atoms with Gasteiger partial charge in [0.1, 0.15) is 0 Å². The third-order valence-electron chi connectivity index (χ3n) is 3.45. The minimum atomic E-state index is -0.368. The zero-order valence-corrected chi connectivity index (χ0v) is 11.3. The fraction of sp³-hybridized carbons (Fsp3) is 0.750. The second-order valence-corrected chi connectivity index (χ2v) is 5.43. The number of esters is 1. The average Bonchev–Trinajstić information content (AvgIpc) is 2.35. The van der Waals surface area contributed by atoms with Gasteiger partial charge in [0.15, 0.2) is 0 Å². The van der Waals surface area contributed by atoms with Crippen LogP contribution in [0, 0.1) is 5.92 Å². The third kappa shape index (κ3) is 3.10. The Morgan fingerprint density at radius 2 is 1.82 bits per heavy atom. The standard InChI is InChI=1S/C12H21BO4/c1-7-15-10(14)9(2)8-13-16-11(3,4)12(5,6)17-13/h7,9H,1,8H2,2-6H3. The maximum absolute atomic E-state index is 11.4. The SMILES string of the molecule is C=COC(=O)C(C)CB1OC(C)(C)C(C)(C)O1. The van der Waals surface area contributed by atoms with Crippen LogP contribution in [0.4, 0.5) is 0 Å². The topological polar surface area (TPSA) is 44.8 Å². The Hall–Kier alpha value is -0.805. The van der Waals surface area contributed by atoms with Gasteiger partial charge in [-0.15, -0.1) is 0 Å². The lowest BCUT2D eigenvalue weighted by atomic mass is 9.78. The molecule has 0 aliphatic carbocycles. The van der Waals surface area contributed by atoms with Crippen LogP contribution in [-0.4, -0.2) is 24.3 Å². The minimum Gasteiger partial charge on any atom is -0.435 e. The summed E-state index contributed by atoms with van der Waals surface area (Å²) in [5.74, 6) is -0.586. The Kier molecular flexibility index (Phi) is 4.04. The van der Waals surface area contributed by atoms with Crippen LogP contribution >= 0.6 is 0 Å². The molecule has 1 heterocycles. The predicted molar refractivity (Wildman–Crippen MR) is 66.3 cm³/mol. The Morgan fingerprint density at radius 1 is 1.35 bits per heavy atom. The molecule has 0 N–H and O–H groups in total. The zero-order valence-electron chi connectivity index (χ0n) is 11.3. The van der Waals surface area contributed by atoms with Crippen LogP contribution in [0.25, 0.3) is 0 Å². The molecular weight excluding hydrogens is 219 g/mol. The zero-order chi connectivity index (χ0) is 13.3. The smallest absolute Gasteiger partial charge is 0.435 e. The molecule has 1 fully saturated rings. The van der Waals surface area contributed by atoms with Gasteiger partial charge in [0.05, 0.1) is 23.4 Å². The van der Waals surface area contributed by atoms with E-state index in [1.54, 1.807) is 6.92 Å². The van der Waals surface area contributed by atoms with Gasteiger partial charge in [-0.3, -0.25) is 4.79 Å². The van der Waals surface area contributed by atoms with Gasteiger partial charge in [0.25, 0.3) is 0 Å². The molecule has 0 radical (unpaired) electrons. The largest absolute Gasteiger partial charge is 0.458 e. The second-order valence-electron chi connectivity index (χ2n) is 5.43. The van der Waals surface area contributed by atoms with Crippen LogP contribution in [0.15, 0.2) is 12.8 Å². The second kappa shape index (κ2) is 4.82. The van der Waals surface area contributed by atoms with Crippen molar-refractivity contribution < 1.29 is 18.8 Å². The molecule has 96 valence electrons. The van der Waals surface area contributed by atoms with Crippen molar-refractivity contribution in [3.63, 3.8) is 0 Å². The fourth-order valence-electron chi connectivity index (χ4n) is 1.64. The summed E-state index contributed by atoms with van der Waals surface area (Å²) >= 11 is 0. The van der Waals surface area contributed by atoms with Crippen molar-refractivity contribution in [2.75, 3.05) is 0 Å². The molecule has 0 spiro atoms. The van der Waals surface area contributed by atoms with Crippen molar-refractivity contribution >= 4 is 13.1 Å². The van der Waals surface area contributed by atoms with Crippen LogP contribution in [0.2, 0.25) is 6.32 Å². The summed E-state index contributed by atoms with van der Waals surface area (Å²) in [6.45, 7) is 13.1. The number of hydrogen-bond acceptors (Lipinski definition) is 4. The summed E-state index contributed by atoms with van der Waals surface area (Å²) in [5.41, 5.74) is -0.723. The molecule has 1 aliphatic heterocycles. The number of rotatable bonds is 4. The van der Waals surface area contributed by atoms with E-state index in [1.807, 2.05) is 27.7 Å². The molecule has 17 heavy (non-hydrogen) atoms. The first-order valence-electron chi connectivity index (χ1n) is 5.86. The highest BCUT2D eigenvalue weighted by atomic mass is 16.7. The first kappa shape index (κ1) is 14.3. The van der Waals surface area contributed by atoms with Crippen molar-refractivity contribution in [2.45, 2.75) is 52.1 Å². The normalized spacial score (nSPS) is 23.2. The maximum atomic E-state index is 11.4. The van der Waals surface area contributed by atoms with Gasteiger partial charge in [0.2, 0.25) is 0 Å². The van der Waals surface area contributed by atoms with E-state index < -0.39 is 0 Å². The maximum Gasteiger partial charge on any atom is 0.458 e. The Balaban J connectivity index is 2.56. The Bertz CT molecular complexity index is 296. The number of ether oxygens (including phenoxy) is 1. The van der Waals surface area contributed by atoms with Gasteiger partial charge in [-0.25, -0.2) is 0 Å². The summed E-state index contributed by atoms with van der Waals surface area (Å²) in [5, 5.41) is 0. The highest BCUT2D eigenvalue weighted by molar-refractivity contribution is 6.46. The monoisotopic (exact) mass is 240 g/mol. The van der Waals surface area contributed by atoms with E-state index in [4.69, 9.17) is 14.0 Å². The van der Waals surface area contributed by atoms with E-state index in [-0.39, 0.29) is 30.2 Å². The molecule has 1 saturated heterocycles. The van der Waals surface area contributed by atoms with Gasteiger partial charge in [0, 0.05) is 0 Å². The van der Waals surface area contributed by atoms with Gasteiger partial charge in [-0.05, 0) is 34.0 Å². The number of hydrogen-bond donors (Lipinski definition) is 0. The fourth-order valence-corrected chi connectivity index (χ4v) is 1.64. The molecule has 0 bridgehead atoms. The van der Waals surface area contributed by atoms with Crippen LogP contribution in [0.5, 0.6) is 0 Å². The average molecular weight is 240 g/mol. The van der Waals surface area contributed by atoms with E-state index in [2.05, 4.69) is 6.58 Å². The first-order valence-corrected chi connectivity index (χ1v) is 5.86. The van der Waals surface area contributed by atoms with Gasteiger partial charge >= 0.3 is 13.1 Å². The van der Waals surface area contributed by atoms with Crippen LogP contribution in [0.1, 0.15) is 34.6 Å². The van der Waals surface area contributed by atoms with Gasteiger partial charge in [-0.2, -0.15) is 0 Å². The molecule has 0 saturated carbocycles. The molecule has 1 rings (SSSR count). The highest BCUT2D eigenvalue weighted by Crippen LogP contribution is 2.38. The molecule has 4 nitrogen and oxygen atoms in total. The lowest BCUT2D eigenvalue weighted by Gasteiger charge is -2.32. The molecule has 5 heteroatoms. The molecule has 0 aromatic rings. The summed E-state index contributed by atoms with van der Waals surface area (Å²) in [6, 6.07) is 0. The predicted octanol–water partition coefficient (Wildman–Crippen LogP) is 2.40. The van der Waals surface area contributed by atoms with E-state index in [1.165, 1.54) is 0 Å².